The van der Waals surface area contributed by atoms with E-state index in [1.165, 1.54) is 6.07 Å². The van der Waals surface area contributed by atoms with Crippen LogP contribution in [0.5, 0.6) is 0 Å². The number of rotatable bonds is 4. The standard InChI is InChI=1S/C12H14F3NO/c1-16(2)10-5-3-4-9(8-10)11(17)6-7-12(13,14)15/h3-5,8H,6-7H2,1-2H3. The Balaban J connectivity index is 2.72. The van der Waals surface area contributed by atoms with Crippen LogP contribution in [0.4, 0.5) is 18.9 Å². The number of hydrogen-bond donors (Lipinski definition) is 0. The summed E-state index contributed by atoms with van der Waals surface area (Å²) >= 11 is 0. The van der Waals surface area contributed by atoms with E-state index in [1.807, 2.05) is 0 Å². The number of nitrogens with zero attached hydrogens (tertiary/aromatic N) is 1. The molecule has 1 rings (SSSR count). The monoisotopic (exact) mass is 245 g/mol. The molecule has 1 aromatic carbocycles. The molecule has 0 aliphatic carbocycles. The van der Waals surface area contributed by atoms with E-state index in [9.17, 15) is 18.0 Å². The van der Waals surface area contributed by atoms with Gasteiger partial charge in [0.25, 0.3) is 0 Å². The number of anilines is 1. The van der Waals surface area contributed by atoms with Crippen molar-refractivity contribution in [1.82, 2.24) is 0 Å². The summed E-state index contributed by atoms with van der Waals surface area (Å²) in [5.74, 6) is -0.481. The first kappa shape index (κ1) is 13.5. The number of hydrogen-bond acceptors (Lipinski definition) is 2. The highest BCUT2D eigenvalue weighted by Crippen LogP contribution is 2.23. The van der Waals surface area contributed by atoms with Gasteiger partial charge in [0.2, 0.25) is 0 Å². The summed E-state index contributed by atoms with van der Waals surface area (Å²) < 4.78 is 35.9. The van der Waals surface area contributed by atoms with Crippen LogP contribution in [0.15, 0.2) is 24.3 Å². The number of halogens is 3. The van der Waals surface area contributed by atoms with Crippen LogP contribution in [0.25, 0.3) is 0 Å². The molecule has 0 radical (unpaired) electrons. The van der Waals surface area contributed by atoms with Gasteiger partial charge in [0.05, 0.1) is 6.42 Å². The van der Waals surface area contributed by atoms with Crippen LogP contribution in [0.2, 0.25) is 0 Å². The number of ketones is 1. The van der Waals surface area contributed by atoms with Crippen molar-refractivity contribution in [1.29, 1.82) is 0 Å². The summed E-state index contributed by atoms with van der Waals surface area (Å²) in [5.41, 5.74) is 1.11. The van der Waals surface area contributed by atoms with Gasteiger partial charge in [-0.05, 0) is 12.1 Å². The lowest BCUT2D eigenvalue weighted by atomic mass is 10.1. The van der Waals surface area contributed by atoms with Crippen LogP contribution >= 0.6 is 0 Å². The maximum Gasteiger partial charge on any atom is 0.389 e. The second kappa shape index (κ2) is 5.21. The molecule has 0 spiro atoms. The first-order chi connectivity index (χ1) is 7.79. The zero-order valence-corrected chi connectivity index (χ0v) is 9.71. The molecule has 0 N–H and O–H groups in total. The SMILES string of the molecule is CN(C)c1cccc(C(=O)CCC(F)(F)F)c1. The Bertz CT molecular complexity index is 399. The highest BCUT2D eigenvalue weighted by Gasteiger charge is 2.28. The van der Waals surface area contributed by atoms with Crippen LogP contribution in [0, 0.1) is 0 Å². The van der Waals surface area contributed by atoms with E-state index < -0.39 is 24.8 Å². The fourth-order valence-electron chi connectivity index (χ4n) is 1.36. The lowest BCUT2D eigenvalue weighted by Crippen LogP contribution is -2.12. The molecule has 2 nitrogen and oxygen atoms in total. The first-order valence-electron chi connectivity index (χ1n) is 5.17. The van der Waals surface area contributed by atoms with Crippen molar-refractivity contribution >= 4 is 11.5 Å². The Kier molecular flexibility index (Phi) is 4.15. The third-order valence-corrected chi connectivity index (χ3v) is 2.32. The maximum absolute atomic E-state index is 12.0. The van der Waals surface area contributed by atoms with E-state index in [0.29, 0.717) is 5.56 Å². The minimum Gasteiger partial charge on any atom is -0.378 e. The molecule has 5 heteroatoms. The fourth-order valence-corrected chi connectivity index (χ4v) is 1.36. The molecule has 0 aliphatic heterocycles. The lowest BCUT2D eigenvalue weighted by Gasteiger charge is -2.13. The molecule has 0 amide bonds. The number of benzene rings is 1. The van der Waals surface area contributed by atoms with E-state index in [1.54, 1.807) is 37.2 Å². The summed E-state index contributed by atoms with van der Waals surface area (Å²) in [6, 6.07) is 6.58. The molecule has 1 aromatic rings. The summed E-state index contributed by atoms with van der Waals surface area (Å²) in [4.78, 5) is 13.3. The van der Waals surface area contributed by atoms with Crippen LogP contribution in [0.3, 0.4) is 0 Å². The second-order valence-electron chi connectivity index (χ2n) is 3.98. The van der Waals surface area contributed by atoms with Crippen molar-refractivity contribution < 1.29 is 18.0 Å². The summed E-state index contributed by atoms with van der Waals surface area (Å²) in [6.45, 7) is 0. The van der Waals surface area contributed by atoms with E-state index >= 15 is 0 Å². The topological polar surface area (TPSA) is 20.3 Å². The Morgan fingerprint density at radius 2 is 1.94 bits per heavy atom. The normalized spacial score (nSPS) is 11.4. The van der Waals surface area contributed by atoms with Gasteiger partial charge in [-0.2, -0.15) is 13.2 Å². The average molecular weight is 245 g/mol. The van der Waals surface area contributed by atoms with Crippen molar-refractivity contribution in [3.8, 4) is 0 Å². The highest BCUT2D eigenvalue weighted by molar-refractivity contribution is 5.96. The largest absolute Gasteiger partial charge is 0.389 e. The molecule has 0 unspecified atom stereocenters. The predicted octanol–water partition coefficient (Wildman–Crippen LogP) is 3.28. The zero-order chi connectivity index (χ0) is 13.1. The summed E-state index contributed by atoms with van der Waals surface area (Å²) in [5, 5.41) is 0. The van der Waals surface area contributed by atoms with Crippen molar-refractivity contribution in [2.75, 3.05) is 19.0 Å². The number of alkyl halides is 3. The van der Waals surface area contributed by atoms with Crippen LogP contribution in [0.1, 0.15) is 23.2 Å². The molecule has 0 aliphatic rings. The smallest absolute Gasteiger partial charge is 0.378 e. The molecule has 17 heavy (non-hydrogen) atoms. The maximum atomic E-state index is 12.0. The number of carbonyl (C=O) groups is 1. The summed E-state index contributed by atoms with van der Waals surface area (Å²) in [6.07, 6.45) is -5.85. The van der Waals surface area contributed by atoms with Crippen molar-refractivity contribution in [3.63, 3.8) is 0 Å². The Morgan fingerprint density at radius 1 is 1.29 bits per heavy atom. The Morgan fingerprint density at radius 3 is 2.47 bits per heavy atom. The second-order valence-corrected chi connectivity index (χ2v) is 3.98. The fraction of sp³-hybridized carbons (Fsp3) is 0.417. The van der Waals surface area contributed by atoms with Crippen LogP contribution in [-0.4, -0.2) is 26.1 Å². The zero-order valence-electron chi connectivity index (χ0n) is 9.71. The molecule has 0 heterocycles. The molecular formula is C12H14F3NO. The van der Waals surface area contributed by atoms with E-state index in [2.05, 4.69) is 0 Å². The molecule has 0 fully saturated rings. The lowest BCUT2D eigenvalue weighted by molar-refractivity contribution is -0.133. The third kappa shape index (κ3) is 4.46. The van der Waals surface area contributed by atoms with Crippen LogP contribution in [-0.2, 0) is 0 Å². The number of carbonyl (C=O) groups excluding carboxylic acids is 1. The minimum atomic E-state index is -4.28. The Hall–Kier alpha value is -1.52. The van der Waals surface area contributed by atoms with E-state index in [0.717, 1.165) is 5.69 Å². The van der Waals surface area contributed by atoms with Gasteiger partial charge in [0.15, 0.2) is 5.78 Å². The molecule has 0 saturated carbocycles. The minimum absolute atomic E-state index is 0.320. The van der Waals surface area contributed by atoms with Gasteiger partial charge in [-0.25, -0.2) is 0 Å². The van der Waals surface area contributed by atoms with Crippen molar-refractivity contribution in [2.24, 2.45) is 0 Å². The van der Waals surface area contributed by atoms with Crippen molar-refractivity contribution in [2.45, 2.75) is 19.0 Å². The van der Waals surface area contributed by atoms with Gasteiger partial charge in [-0.15, -0.1) is 0 Å². The van der Waals surface area contributed by atoms with Gasteiger partial charge < -0.3 is 4.90 Å². The first-order valence-corrected chi connectivity index (χ1v) is 5.17. The van der Waals surface area contributed by atoms with Gasteiger partial charge >= 0.3 is 6.18 Å². The van der Waals surface area contributed by atoms with Crippen molar-refractivity contribution in [3.05, 3.63) is 29.8 Å². The number of Topliss-reactive ketones (excluding diaryl/α,β-unsaturated/α-hetero) is 1. The van der Waals surface area contributed by atoms with Gasteiger partial charge in [-0.3, -0.25) is 4.79 Å². The molecule has 0 bridgehead atoms. The Labute approximate surface area is 98.0 Å². The third-order valence-electron chi connectivity index (χ3n) is 2.32. The van der Waals surface area contributed by atoms with Gasteiger partial charge in [-0.1, -0.05) is 12.1 Å². The average Bonchev–Trinajstić information content (AvgIpc) is 2.25. The van der Waals surface area contributed by atoms with Gasteiger partial charge in [0, 0.05) is 31.8 Å². The van der Waals surface area contributed by atoms with E-state index in [-0.39, 0.29) is 0 Å². The molecular weight excluding hydrogens is 231 g/mol. The van der Waals surface area contributed by atoms with Crippen LogP contribution < -0.4 is 4.90 Å². The van der Waals surface area contributed by atoms with E-state index in [4.69, 9.17) is 0 Å². The highest BCUT2D eigenvalue weighted by atomic mass is 19.4. The molecule has 0 saturated heterocycles. The molecule has 94 valence electrons. The predicted molar refractivity (Wildman–Crippen MR) is 60.4 cm³/mol. The van der Waals surface area contributed by atoms with Gasteiger partial charge in [0.1, 0.15) is 0 Å². The quantitative estimate of drug-likeness (QED) is 0.759. The molecule has 0 aromatic heterocycles. The summed E-state index contributed by atoms with van der Waals surface area (Å²) in [7, 11) is 3.61. The molecule has 0 atom stereocenters.